The van der Waals surface area contributed by atoms with E-state index in [4.69, 9.17) is 9.26 Å². The largest absolute Gasteiger partial charge is 0.379 e. The quantitative estimate of drug-likeness (QED) is 0.841. The molecular formula is C15H16N2O3. The van der Waals surface area contributed by atoms with E-state index in [9.17, 15) is 4.79 Å². The monoisotopic (exact) mass is 272 g/mol. The summed E-state index contributed by atoms with van der Waals surface area (Å²) in [6.07, 6.45) is 0.809. The minimum atomic E-state index is -0.181. The topological polar surface area (TPSA) is 55.6 Å². The van der Waals surface area contributed by atoms with Crippen LogP contribution in [0.5, 0.6) is 0 Å². The lowest BCUT2D eigenvalue weighted by molar-refractivity contribution is 0.0844. The van der Waals surface area contributed by atoms with Crippen LogP contribution in [0.25, 0.3) is 0 Å². The Kier molecular flexibility index (Phi) is 3.28. The van der Waals surface area contributed by atoms with Crippen molar-refractivity contribution in [1.29, 1.82) is 0 Å². The Morgan fingerprint density at radius 1 is 1.45 bits per heavy atom. The molecule has 0 N–H and O–H groups in total. The maximum absolute atomic E-state index is 12.6. The molecule has 0 radical (unpaired) electrons. The maximum atomic E-state index is 12.6. The summed E-state index contributed by atoms with van der Waals surface area (Å²) in [6, 6.07) is 9.52. The number of carbonyl (C=O) groups excluding carboxylic acids is 1. The van der Waals surface area contributed by atoms with Crippen molar-refractivity contribution in [2.45, 2.75) is 19.4 Å². The normalized spacial score (nSPS) is 17.9. The zero-order valence-electron chi connectivity index (χ0n) is 11.5. The summed E-state index contributed by atoms with van der Waals surface area (Å²) < 4.78 is 10.5. The number of nitrogens with zero attached hydrogens (tertiary/aromatic N) is 2. The average Bonchev–Trinajstić information content (AvgIpc) is 2.92. The first-order valence-corrected chi connectivity index (χ1v) is 6.55. The average molecular weight is 272 g/mol. The minimum absolute atomic E-state index is 0.00197. The van der Waals surface area contributed by atoms with E-state index in [0.717, 1.165) is 17.7 Å². The molecule has 0 saturated heterocycles. The first kappa shape index (κ1) is 12.9. The van der Waals surface area contributed by atoms with Gasteiger partial charge in [0.05, 0.1) is 18.3 Å². The molecule has 20 heavy (non-hydrogen) atoms. The highest BCUT2D eigenvalue weighted by atomic mass is 16.5. The fraction of sp³-hybridized carbons (Fsp3) is 0.333. The number of hydrogen-bond acceptors (Lipinski definition) is 4. The van der Waals surface area contributed by atoms with E-state index in [1.807, 2.05) is 24.3 Å². The van der Waals surface area contributed by atoms with E-state index < -0.39 is 0 Å². The van der Waals surface area contributed by atoms with Crippen molar-refractivity contribution in [3.63, 3.8) is 0 Å². The first-order chi connectivity index (χ1) is 9.69. The van der Waals surface area contributed by atoms with Crippen molar-refractivity contribution < 1.29 is 14.1 Å². The molecule has 5 nitrogen and oxygen atoms in total. The lowest BCUT2D eigenvalue weighted by Crippen LogP contribution is -2.43. The van der Waals surface area contributed by atoms with Crippen molar-refractivity contribution in [3.05, 3.63) is 47.3 Å². The van der Waals surface area contributed by atoms with Gasteiger partial charge in [-0.15, -0.1) is 0 Å². The van der Waals surface area contributed by atoms with Crippen LogP contribution in [0.1, 0.15) is 21.8 Å². The standard InChI is InChI=1S/C15H16N2O3/c1-10-7-14(20-16-10)15(18)17-9-12(19-2)8-11-5-3-4-6-13(11)17/h3-7,12H,8-9H2,1-2H3. The lowest BCUT2D eigenvalue weighted by atomic mass is 9.99. The highest BCUT2D eigenvalue weighted by Gasteiger charge is 2.30. The lowest BCUT2D eigenvalue weighted by Gasteiger charge is -2.33. The van der Waals surface area contributed by atoms with E-state index in [0.29, 0.717) is 12.2 Å². The highest BCUT2D eigenvalue weighted by molar-refractivity contribution is 6.05. The summed E-state index contributed by atoms with van der Waals surface area (Å²) in [6.45, 7) is 2.31. The third-order valence-electron chi connectivity index (χ3n) is 3.53. The second kappa shape index (κ2) is 5.09. The molecule has 0 fully saturated rings. The second-order valence-electron chi connectivity index (χ2n) is 4.94. The van der Waals surface area contributed by atoms with Crippen molar-refractivity contribution in [1.82, 2.24) is 5.16 Å². The van der Waals surface area contributed by atoms with Crippen LogP contribution in [0.15, 0.2) is 34.9 Å². The van der Waals surface area contributed by atoms with E-state index in [1.165, 1.54) is 0 Å². The molecule has 1 aromatic carbocycles. The van der Waals surface area contributed by atoms with Crippen LogP contribution in [0.2, 0.25) is 0 Å². The van der Waals surface area contributed by atoms with Gasteiger partial charge in [-0.2, -0.15) is 0 Å². The maximum Gasteiger partial charge on any atom is 0.296 e. The molecular weight excluding hydrogens is 256 g/mol. The Balaban J connectivity index is 1.98. The number of aromatic nitrogens is 1. The fourth-order valence-electron chi connectivity index (χ4n) is 2.51. The molecule has 2 aromatic rings. The van der Waals surface area contributed by atoms with Gasteiger partial charge in [0.15, 0.2) is 0 Å². The SMILES string of the molecule is COC1Cc2ccccc2N(C(=O)c2cc(C)no2)C1. The molecule has 0 spiro atoms. The number of fused-ring (bicyclic) bond motifs is 1. The van der Waals surface area contributed by atoms with Gasteiger partial charge in [0, 0.05) is 25.3 Å². The smallest absolute Gasteiger partial charge is 0.296 e. The Hall–Kier alpha value is -2.14. The van der Waals surface area contributed by atoms with Crippen LogP contribution >= 0.6 is 0 Å². The Bertz CT molecular complexity index is 636. The second-order valence-corrected chi connectivity index (χ2v) is 4.94. The van der Waals surface area contributed by atoms with Gasteiger partial charge in [-0.25, -0.2) is 0 Å². The summed E-state index contributed by atoms with van der Waals surface area (Å²) in [4.78, 5) is 14.3. The minimum Gasteiger partial charge on any atom is -0.379 e. The van der Waals surface area contributed by atoms with Crippen LogP contribution in [0, 0.1) is 6.92 Å². The van der Waals surface area contributed by atoms with Gasteiger partial charge < -0.3 is 14.2 Å². The summed E-state index contributed by atoms with van der Waals surface area (Å²) in [7, 11) is 1.67. The van der Waals surface area contributed by atoms with E-state index in [1.54, 1.807) is 25.0 Å². The molecule has 0 aliphatic carbocycles. The molecule has 1 aliphatic heterocycles. The van der Waals surface area contributed by atoms with Gasteiger partial charge in [-0.1, -0.05) is 23.4 Å². The Labute approximate surface area is 117 Å². The van der Waals surface area contributed by atoms with Crippen LogP contribution in [0.3, 0.4) is 0 Å². The van der Waals surface area contributed by atoms with Crippen LogP contribution < -0.4 is 4.90 Å². The van der Waals surface area contributed by atoms with Gasteiger partial charge in [0.2, 0.25) is 5.76 Å². The predicted octanol–water partition coefficient (Wildman–Crippen LogP) is 2.20. The molecule has 1 amide bonds. The van der Waals surface area contributed by atoms with E-state index >= 15 is 0 Å². The number of methoxy groups -OCH3 is 1. The number of carbonyl (C=O) groups is 1. The van der Waals surface area contributed by atoms with Crippen LogP contribution in [-0.4, -0.2) is 30.8 Å². The number of hydrogen-bond donors (Lipinski definition) is 0. The summed E-state index contributed by atoms with van der Waals surface area (Å²) in [5, 5.41) is 3.77. The molecule has 5 heteroatoms. The number of amides is 1. The van der Waals surface area contributed by atoms with Gasteiger partial charge in [0.25, 0.3) is 5.91 Å². The van der Waals surface area contributed by atoms with Crippen molar-refractivity contribution in [2.75, 3.05) is 18.6 Å². The molecule has 0 saturated carbocycles. The number of anilines is 1. The van der Waals surface area contributed by atoms with Crippen molar-refractivity contribution in [3.8, 4) is 0 Å². The van der Waals surface area contributed by atoms with Gasteiger partial charge >= 0.3 is 0 Å². The van der Waals surface area contributed by atoms with Crippen molar-refractivity contribution >= 4 is 11.6 Å². The highest BCUT2D eigenvalue weighted by Crippen LogP contribution is 2.29. The first-order valence-electron chi connectivity index (χ1n) is 6.55. The summed E-state index contributed by atoms with van der Waals surface area (Å²) >= 11 is 0. The molecule has 0 bridgehead atoms. The molecule has 1 aliphatic rings. The molecule has 2 heterocycles. The van der Waals surface area contributed by atoms with Gasteiger partial charge in [0.1, 0.15) is 0 Å². The number of benzene rings is 1. The van der Waals surface area contributed by atoms with Gasteiger partial charge in [-0.05, 0) is 18.6 Å². The van der Waals surface area contributed by atoms with Gasteiger partial charge in [-0.3, -0.25) is 4.79 Å². The van der Waals surface area contributed by atoms with Crippen LogP contribution in [-0.2, 0) is 11.2 Å². The zero-order valence-corrected chi connectivity index (χ0v) is 11.5. The third-order valence-corrected chi connectivity index (χ3v) is 3.53. The molecule has 104 valence electrons. The summed E-state index contributed by atoms with van der Waals surface area (Å²) in [5.74, 6) is 0.0776. The number of para-hydroxylation sites is 1. The summed E-state index contributed by atoms with van der Waals surface area (Å²) in [5.41, 5.74) is 2.72. The molecule has 1 aromatic heterocycles. The Morgan fingerprint density at radius 3 is 2.95 bits per heavy atom. The number of rotatable bonds is 2. The molecule has 1 atom stereocenters. The van der Waals surface area contributed by atoms with Crippen LogP contribution in [0.4, 0.5) is 5.69 Å². The van der Waals surface area contributed by atoms with E-state index in [-0.39, 0.29) is 17.8 Å². The predicted molar refractivity (Wildman–Crippen MR) is 73.9 cm³/mol. The third kappa shape index (κ3) is 2.20. The fourth-order valence-corrected chi connectivity index (χ4v) is 2.51. The molecule has 3 rings (SSSR count). The zero-order chi connectivity index (χ0) is 14.1. The molecule has 1 unspecified atom stereocenters. The Morgan fingerprint density at radius 2 is 2.25 bits per heavy atom. The number of ether oxygens (including phenoxy) is 1. The number of aryl methyl sites for hydroxylation is 1. The van der Waals surface area contributed by atoms with E-state index in [2.05, 4.69) is 5.16 Å². The van der Waals surface area contributed by atoms with Crippen molar-refractivity contribution in [2.24, 2.45) is 0 Å².